The number of ether oxygens (including phenoxy) is 2. The maximum absolute atomic E-state index is 13.1. The molecular formula is C22H17ClFNO4. The predicted octanol–water partition coefficient (Wildman–Crippen LogP) is 5.46. The smallest absolute Gasteiger partial charge is 0.342 e. The molecule has 3 rings (SSSR count). The van der Waals surface area contributed by atoms with Crippen molar-refractivity contribution in [3.8, 4) is 11.5 Å². The summed E-state index contributed by atoms with van der Waals surface area (Å²) in [6.07, 6.45) is -1.12. The number of anilines is 1. The summed E-state index contributed by atoms with van der Waals surface area (Å²) in [6, 6.07) is 19.1. The molecule has 1 N–H and O–H groups in total. The molecule has 0 unspecified atom stereocenters. The molecule has 5 nitrogen and oxygen atoms in total. The van der Waals surface area contributed by atoms with E-state index in [0.29, 0.717) is 11.5 Å². The van der Waals surface area contributed by atoms with Crippen molar-refractivity contribution in [1.82, 2.24) is 0 Å². The summed E-state index contributed by atoms with van der Waals surface area (Å²) in [5.74, 6) is -0.984. The van der Waals surface area contributed by atoms with Crippen molar-refractivity contribution in [3.63, 3.8) is 0 Å². The van der Waals surface area contributed by atoms with Gasteiger partial charge in [0, 0.05) is 0 Å². The van der Waals surface area contributed by atoms with Gasteiger partial charge in [-0.15, -0.1) is 0 Å². The maximum atomic E-state index is 13.1. The summed E-state index contributed by atoms with van der Waals surface area (Å²) in [5, 5.41) is 2.54. The van der Waals surface area contributed by atoms with Gasteiger partial charge in [0.25, 0.3) is 5.91 Å². The first-order valence-electron chi connectivity index (χ1n) is 8.73. The first-order valence-corrected chi connectivity index (χ1v) is 9.10. The highest BCUT2D eigenvalue weighted by molar-refractivity contribution is 6.33. The average Bonchev–Trinajstić information content (AvgIpc) is 2.71. The molecule has 0 aliphatic rings. The SMILES string of the molecule is C[C@H](OC(=O)c1ccccc1Oc1ccccc1)C(=O)Nc1ccc(F)cc1Cl. The molecule has 0 saturated heterocycles. The lowest BCUT2D eigenvalue weighted by Crippen LogP contribution is -2.30. The molecule has 0 saturated carbocycles. The van der Waals surface area contributed by atoms with E-state index in [1.165, 1.54) is 13.0 Å². The largest absolute Gasteiger partial charge is 0.456 e. The predicted molar refractivity (Wildman–Crippen MR) is 108 cm³/mol. The van der Waals surface area contributed by atoms with Crippen molar-refractivity contribution in [2.45, 2.75) is 13.0 Å². The minimum Gasteiger partial charge on any atom is -0.456 e. The van der Waals surface area contributed by atoms with E-state index < -0.39 is 23.8 Å². The quantitative estimate of drug-likeness (QED) is 0.545. The fraction of sp³-hybridized carbons (Fsp3) is 0.0909. The Morgan fingerprint density at radius 2 is 1.69 bits per heavy atom. The molecule has 0 spiro atoms. The second-order valence-corrected chi connectivity index (χ2v) is 6.48. The minimum absolute atomic E-state index is 0.0403. The Balaban J connectivity index is 1.69. The molecule has 1 atom stereocenters. The molecule has 29 heavy (non-hydrogen) atoms. The molecule has 0 bridgehead atoms. The lowest BCUT2D eigenvalue weighted by atomic mass is 10.2. The summed E-state index contributed by atoms with van der Waals surface area (Å²) in [5.41, 5.74) is 0.393. The molecule has 0 heterocycles. The van der Waals surface area contributed by atoms with Gasteiger partial charge >= 0.3 is 5.97 Å². The van der Waals surface area contributed by atoms with Gasteiger partial charge in [-0.1, -0.05) is 41.9 Å². The third-order valence-corrected chi connectivity index (χ3v) is 4.23. The fourth-order valence-corrected chi connectivity index (χ4v) is 2.66. The first-order chi connectivity index (χ1) is 13.9. The Kier molecular flexibility index (Phi) is 6.46. The maximum Gasteiger partial charge on any atom is 0.342 e. The summed E-state index contributed by atoms with van der Waals surface area (Å²) in [4.78, 5) is 24.9. The van der Waals surface area contributed by atoms with Gasteiger partial charge in [-0.2, -0.15) is 0 Å². The lowest BCUT2D eigenvalue weighted by molar-refractivity contribution is -0.123. The Bertz CT molecular complexity index is 1030. The van der Waals surface area contributed by atoms with Crippen LogP contribution in [-0.4, -0.2) is 18.0 Å². The second kappa shape index (κ2) is 9.21. The van der Waals surface area contributed by atoms with Crippen LogP contribution in [0.2, 0.25) is 5.02 Å². The number of amides is 1. The molecule has 3 aromatic rings. The molecule has 0 fully saturated rings. The highest BCUT2D eigenvalue weighted by Gasteiger charge is 2.22. The molecule has 1 amide bonds. The van der Waals surface area contributed by atoms with E-state index >= 15 is 0 Å². The van der Waals surface area contributed by atoms with Gasteiger partial charge in [-0.25, -0.2) is 9.18 Å². The molecule has 0 aliphatic carbocycles. The zero-order chi connectivity index (χ0) is 20.8. The molecule has 0 aromatic heterocycles. The third-order valence-electron chi connectivity index (χ3n) is 3.92. The van der Waals surface area contributed by atoms with Crippen LogP contribution in [0.4, 0.5) is 10.1 Å². The van der Waals surface area contributed by atoms with Crippen molar-refractivity contribution in [2.24, 2.45) is 0 Å². The summed E-state index contributed by atoms with van der Waals surface area (Å²) < 4.78 is 24.1. The second-order valence-electron chi connectivity index (χ2n) is 6.07. The highest BCUT2D eigenvalue weighted by atomic mass is 35.5. The zero-order valence-electron chi connectivity index (χ0n) is 15.4. The number of para-hydroxylation sites is 2. The number of nitrogens with one attached hydrogen (secondary N) is 1. The summed E-state index contributed by atoms with van der Waals surface area (Å²) in [7, 11) is 0. The van der Waals surface area contributed by atoms with Crippen LogP contribution in [0.5, 0.6) is 11.5 Å². The minimum atomic E-state index is -1.12. The van der Waals surface area contributed by atoms with Gasteiger partial charge in [0.05, 0.1) is 10.7 Å². The molecule has 7 heteroatoms. The number of esters is 1. The fourth-order valence-electron chi connectivity index (χ4n) is 2.44. The van der Waals surface area contributed by atoms with Crippen LogP contribution >= 0.6 is 11.6 Å². The molecule has 148 valence electrons. The zero-order valence-corrected chi connectivity index (χ0v) is 16.2. The van der Waals surface area contributed by atoms with E-state index in [0.717, 1.165) is 12.1 Å². The standard InChI is InChI=1S/C22H17ClFNO4/c1-14(21(26)25-19-12-11-15(24)13-18(19)23)28-22(27)17-9-5-6-10-20(17)29-16-7-3-2-4-8-16/h2-14H,1H3,(H,25,26)/t14-/m0/s1. The number of carbonyl (C=O) groups is 2. The van der Waals surface area contributed by atoms with Crippen LogP contribution in [0.3, 0.4) is 0 Å². The van der Waals surface area contributed by atoms with Crippen LogP contribution < -0.4 is 10.1 Å². The average molecular weight is 414 g/mol. The van der Waals surface area contributed by atoms with E-state index in [4.69, 9.17) is 21.1 Å². The van der Waals surface area contributed by atoms with Crippen LogP contribution in [0.15, 0.2) is 72.8 Å². The molecule has 0 radical (unpaired) electrons. The molecule has 0 aliphatic heterocycles. The van der Waals surface area contributed by atoms with Crippen molar-refractivity contribution in [2.75, 3.05) is 5.32 Å². The van der Waals surface area contributed by atoms with Gasteiger partial charge in [-0.3, -0.25) is 4.79 Å². The number of hydrogen-bond donors (Lipinski definition) is 1. The van der Waals surface area contributed by atoms with Crippen LogP contribution in [0, 0.1) is 5.82 Å². The number of rotatable bonds is 6. The summed E-state index contributed by atoms with van der Waals surface area (Å²) >= 11 is 5.90. The van der Waals surface area contributed by atoms with E-state index in [-0.39, 0.29) is 16.3 Å². The van der Waals surface area contributed by atoms with Crippen LogP contribution in [0.1, 0.15) is 17.3 Å². The highest BCUT2D eigenvalue weighted by Crippen LogP contribution is 2.26. The third kappa shape index (κ3) is 5.33. The van der Waals surface area contributed by atoms with Crippen molar-refractivity contribution in [3.05, 3.63) is 89.2 Å². The topological polar surface area (TPSA) is 64.6 Å². The normalized spacial score (nSPS) is 11.4. The van der Waals surface area contributed by atoms with Crippen molar-refractivity contribution in [1.29, 1.82) is 0 Å². The monoisotopic (exact) mass is 413 g/mol. The Hall–Kier alpha value is -3.38. The number of carbonyl (C=O) groups excluding carboxylic acids is 2. The van der Waals surface area contributed by atoms with Gasteiger partial charge in [0.1, 0.15) is 22.9 Å². The lowest BCUT2D eigenvalue weighted by Gasteiger charge is -2.16. The number of hydrogen-bond acceptors (Lipinski definition) is 4. The number of halogens is 2. The van der Waals surface area contributed by atoms with E-state index in [1.54, 1.807) is 36.4 Å². The van der Waals surface area contributed by atoms with Crippen LogP contribution in [-0.2, 0) is 9.53 Å². The molecule has 3 aromatic carbocycles. The van der Waals surface area contributed by atoms with Crippen LogP contribution in [0.25, 0.3) is 0 Å². The van der Waals surface area contributed by atoms with Gasteiger partial charge in [0.15, 0.2) is 6.10 Å². The Morgan fingerprint density at radius 1 is 1.00 bits per heavy atom. The van der Waals surface area contributed by atoms with E-state index in [1.807, 2.05) is 18.2 Å². The van der Waals surface area contributed by atoms with E-state index in [9.17, 15) is 14.0 Å². The van der Waals surface area contributed by atoms with Gasteiger partial charge in [-0.05, 0) is 49.4 Å². The van der Waals surface area contributed by atoms with Crippen molar-refractivity contribution >= 4 is 29.2 Å². The van der Waals surface area contributed by atoms with Crippen molar-refractivity contribution < 1.29 is 23.5 Å². The molecular weight excluding hydrogens is 397 g/mol. The van der Waals surface area contributed by atoms with Gasteiger partial charge in [0.2, 0.25) is 0 Å². The summed E-state index contributed by atoms with van der Waals surface area (Å²) in [6.45, 7) is 1.42. The Labute approximate surface area is 172 Å². The van der Waals surface area contributed by atoms with Gasteiger partial charge < -0.3 is 14.8 Å². The Morgan fingerprint density at radius 3 is 2.41 bits per heavy atom. The number of benzene rings is 3. The van der Waals surface area contributed by atoms with E-state index in [2.05, 4.69) is 5.32 Å². The first kappa shape index (κ1) is 20.4.